The first-order valence-corrected chi connectivity index (χ1v) is 7.16. The van der Waals surface area contributed by atoms with Crippen molar-refractivity contribution in [1.82, 2.24) is 0 Å². The average molecular weight is 336 g/mol. The molecule has 0 radical (unpaired) electrons. The third-order valence-electron chi connectivity index (χ3n) is 3.56. The van der Waals surface area contributed by atoms with Crippen molar-refractivity contribution < 1.29 is 28.2 Å². The summed E-state index contributed by atoms with van der Waals surface area (Å²) in [6.45, 7) is 0. The van der Waals surface area contributed by atoms with Crippen LogP contribution in [0.4, 0.5) is 13.2 Å². The lowest BCUT2D eigenvalue weighted by Gasteiger charge is -2.11. The Morgan fingerprint density at radius 1 is 0.917 bits per heavy atom. The van der Waals surface area contributed by atoms with Crippen LogP contribution in [0, 0.1) is 0 Å². The fraction of sp³-hybridized carbons (Fsp3) is 0.167. The van der Waals surface area contributed by atoms with Gasteiger partial charge in [0.15, 0.2) is 0 Å². The molecule has 0 heterocycles. The largest absolute Gasteiger partial charge is 0.502 e. The monoisotopic (exact) mass is 336 g/mol. The van der Waals surface area contributed by atoms with Crippen molar-refractivity contribution in [2.45, 2.75) is 19.0 Å². The summed E-state index contributed by atoms with van der Waals surface area (Å²) in [5.41, 5.74) is 0.681. The average Bonchev–Trinajstić information content (AvgIpc) is 2.55. The van der Waals surface area contributed by atoms with Crippen molar-refractivity contribution in [3.8, 4) is 0 Å². The normalized spacial score (nSPS) is 12.6. The van der Waals surface area contributed by atoms with Gasteiger partial charge in [0.25, 0.3) is 0 Å². The Morgan fingerprint density at radius 3 is 2.00 bits per heavy atom. The molecule has 0 spiro atoms. The van der Waals surface area contributed by atoms with Gasteiger partial charge in [-0.2, -0.15) is 13.2 Å². The van der Waals surface area contributed by atoms with E-state index in [1.165, 1.54) is 12.1 Å². The van der Waals surface area contributed by atoms with Crippen LogP contribution in [0.3, 0.4) is 0 Å². The molecule has 6 heteroatoms. The Balaban J connectivity index is 2.20. The number of halogens is 3. The van der Waals surface area contributed by atoms with Gasteiger partial charge in [-0.25, -0.2) is 4.79 Å². The molecule has 2 N–H and O–H groups in total. The molecule has 0 amide bonds. The van der Waals surface area contributed by atoms with Crippen LogP contribution in [0.15, 0.2) is 60.4 Å². The van der Waals surface area contributed by atoms with Crippen molar-refractivity contribution >= 4 is 11.5 Å². The van der Waals surface area contributed by atoms with Gasteiger partial charge in [0.05, 0.1) is 5.56 Å². The molecule has 0 atom stereocenters. The van der Waals surface area contributed by atoms with Gasteiger partial charge >= 0.3 is 12.1 Å². The lowest BCUT2D eigenvalue weighted by molar-refractivity contribution is -0.137. The van der Waals surface area contributed by atoms with Crippen LogP contribution in [0.2, 0.25) is 0 Å². The molecule has 2 aromatic rings. The fourth-order valence-corrected chi connectivity index (χ4v) is 2.30. The van der Waals surface area contributed by atoms with Crippen LogP contribution in [0.5, 0.6) is 0 Å². The van der Waals surface area contributed by atoms with Crippen LogP contribution in [0.25, 0.3) is 5.57 Å². The predicted molar refractivity (Wildman–Crippen MR) is 83.4 cm³/mol. The van der Waals surface area contributed by atoms with Gasteiger partial charge in [-0.1, -0.05) is 42.5 Å². The van der Waals surface area contributed by atoms with Crippen molar-refractivity contribution in [3.05, 3.63) is 77.0 Å². The van der Waals surface area contributed by atoms with E-state index in [0.717, 1.165) is 12.1 Å². The van der Waals surface area contributed by atoms with Gasteiger partial charge < -0.3 is 10.2 Å². The number of aliphatic carboxylic acids is 1. The number of alkyl halides is 3. The maximum Gasteiger partial charge on any atom is 0.416 e. The summed E-state index contributed by atoms with van der Waals surface area (Å²) in [4.78, 5) is 11.0. The van der Waals surface area contributed by atoms with Gasteiger partial charge in [-0.05, 0) is 36.1 Å². The van der Waals surface area contributed by atoms with Gasteiger partial charge in [-0.15, -0.1) is 0 Å². The van der Waals surface area contributed by atoms with Crippen molar-refractivity contribution in [2.24, 2.45) is 0 Å². The third-order valence-corrected chi connectivity index (χ3v) is 3.56. The summed E-state index contributed by atoms with van der Waals surface area (Å²) in [6, 6.07) is 13.2. The Labute approximate surface area is 136 Å². The number of benzene rings is 2. The number of carboxylic acid groups (broad SMARTS) is 1. The molecule has 2 rings (SSSR count). The van der Waals surface area contributed by atoms with Crippen LogP contribution in [-0.4, -0.2) is 16.2 Å². The van der Waals surface area contributed by atoms with Gasteiger partial charge in [0.2, 0.25) is 5.76 Å². The zero-order chi connectivity index (χ0) is 17.7. The second-order valence-corrected chi connectivity index (χ2v) is 5.19. The minimum Gasteiger partial charge on any atom is -0.502 e. The number of hydrogen-bond acceptors (Lipinski definition) is 2. The summed E-state index contributed by atoms with van der Waals surface area (Å²) in [5, 5.41) is 18.8. The topological polar surface area (TPSA) is 57.5 Å². The smallest absolute Gasteiger partial charge is 0.416 e. The Hall–Kier alpha value is -2.76. The molecule has 0 unspecified atom stereocenters. The molecular formula is C18H15F3O3. The number of carboxylic acids is 1. The zero-order valence-electron chi connectivity index (χ0n) is 12.5. The van der Waals surface area contributed by atoms with E-state index < -0.39 is 23.5 Å². The molecule has 0 aromatic heterocycles. The zero-order valence-corrected chi connectivity index (χ0v) is 12.5. The van der Waals surface area contributed by atoms with Gasteiger partial charge in [-0.3, -0.25) is 0 Å². The Bertz CT molecular complexity index is 732. The van der Waals surface area contributed by atoms with Crippen LogP contribution >= 0.6 is 0 Å². The maximum atomic E-state index is 12.5. The van der Waals surface area contributed by atoms with E-state index in [2.05, 4.69) is 0 Å². The summed E-state index contributed by atoms with van der Waals surface area (Å²) >= 11 is 0. The molecule has 0 bridgehead atoms. The van der Waals surface area contributed by atoms with E-state index in [4.69, 9.17) is 5.11 Å². The number of aliphatic hydroxyl groups is 1. The number of aryl methyl sites for hydroxylation is 1. The van der Waals surface area contributed by atoms with Crippen LogP contribution in [0.1, 0.15) is 23.1 Å². The number of hydrogen-bond donors (Lipinski definition) is 2. The standard InChI is InChI=1S/C18H15F3O3/c19-18(20,21)14-9-6-12(7-10-14)8-11-15(16(22)17(23)24)13-4-2-1-3-5-13/h1-7,9-10,22H,8,11H2,(H,23,24)/b16-15-. The molecular weight excluding hydrogens is 321 g/mol. The van der Waals surface area contributed by atoms with Crippen molar-refractivity contribution in [1.29, 1.82) is 0 Å². The van der Waals surface area contributed by atoms with Gasteiger partial charge in [0, 0.05) is 5.57 Å². The summed E-state index contributed by atoms with van der Waals surface area (Å²) in [7, 11) is 0. The van der Waals surface area contributed by atoms with Crippen LogP contribution in [-0.2, 0) is 17.4 Å². The van der Waals surface area contributed by atoms with E-state index in [9.17, 15) is 23.1 Å². The lowest BCUT2D eigenvalue weighted by Crippen LogP contribution is -2.05. The van der Waals surface area contributed by atoms with E-state index in [1.54, 1.807) is 30.3 Å². The van der Waals surface area contributed by atoms with Gasteiger partial charge in [0.1, 0.15) is 0 Å². The quantitative estimate of drug-likeness (QED) is 0.615. The maximum absolute atomic E-state index is 12.5. The summed E-state index contributed by atoms with van der Waals surface area (Å²) < 4.78 is 37.6. The highest BCUT2D eigenvalue weighted by Gasteiger charge is 2.29. The molecule has 3 nitrogen and oxygen atoms in total. The molecule has 24 heavy (non-hydrogen) atoms. The molecule has 0 saturated heterocycles. The van der Waals surface area contributed by atoms with E-state index in [0.29, 0.717) is 17.5 Å². The van der Waals surface area contributed by atoms with Crippen molar-refractivity contribution in [2.75, 3.05) is 0 Å². The minimum atomic E-state index is -4.39. The van der Waals surface area contributed by atoms with E-state index in [-0.39, 0.29) is 12.0 Å². The molecule has 0 aliphatic rings. The second kappa shape index (κ2) is 7.21. The lowest BCUT2D eigenvalue weighted by atomic mass is 9.96. The molecule has 0 saturated carbocycles. The molecule has 126 valence electrons. The second-order valence-electron chi connectivity index (χ2n) is 5.19. The summed E-state index contributed by atoms with van der Waals surface area (Å²) in [6.07, 6.45) is -3.90. The number of allylic oxidation sites excluding steroid dienone is 1. The number of aliphatic hydroxyl groups excluding tert-OH is 1. The fourth-order valence-electron chi connectivity index (χ4n) is 2.30. The van der Waals surface area contributed by atoms with E-state index in [1.807, 2.05) is 0 Å². The molecule has 0 aliphatic carbocycles. The molecule has 0 aliphatic heterocycles. The van der Waals surface area contributed by atoms with Crippen LogP contribution < -0.4 is 0 Å². The number of rotatable bonds is 5. The minimum absolute atomic E-state index is 0.188. The SMILES string of the molecule is O=C(O)/C(O)=C(\CCc1ccc(C(F)(F)F)cc1)c1ccccc1. The Kier molecular flexibility index (Phi) is 5.28. The first-order chi connectivity index (χ1) is 11.3. The summed E-state index contributed by atoms with van der Waals surface area (Å²) in [5.74, 6) is -2.20. The highest BCUT2D eigenvalue weighted by molar-refractivity contribution is 5.93. The first kappa shape index (κ1) is 17.6. The van der Waals surface area contributed by atoms with Crippen molar-refractivity contribution in [3.63, 3.8) is 0 Å². The van der Waals surface area contributed by atoms with E-state index >= 15 is 0 Å². The highest BCUT2D eigenvalue weighted by atomic mass is 19.4. The first-order valence-electron chi connectivity index (χ1n) is 7.16. The number of carbonyl (C=O) groups is 1. The predicted octanol–water partition coefficient (Wildman–Crippen LogP) is 4.69. The highest BCUT2D eigenvalue weighted by Crippen LogP contribution is 2.30. The Morgan fingerprint density at radius 2 is 1.50 bits per heavy atom. The third kappa shape index (κ3) is 4.38. The molecule has 2 aromatic carbocycles. The molecule has 0 fully saturated rings.